The van der Waals surface area contributed by atoms with Crippen molar-refractivity contribution in [2.24, 2.45) is 10.9 Å². The largest absolute Gasteiger partial charge is 0.381 e. The van der Waals surface area contributed by atoms with E-state index in [4.69, 9.17) is 4.74 Å². The van der Waals surface area contributed by atoms with Crippen LogP contribution in [0.2, 0.25) is 0 Å². The second-order valence-electron chi connectivity index (χ2n) is 5.45. The minimum Gasteiger partial charge on any atom is -0.381 e. The fraction of sp³-hybridized carbons (Fsp3) is 0.667. The van der Waals surface area contributed by atoms with Gasteiger partial charge in [0, 0.05) is 50.5 Å². The predicted molar refractivity (Wildman–Crippen MR) is 85.7 cm³/mol. The summed E-state index contributed by atoms with van der Waals surface area (Å²) in [6.45, 7) is 5.95. The van der Waals surface area contributed by atoms with Gasteiger partial charge in [0.1, 0.15) is 0 Å². The van der Waals surface area contributed by atoms with Crippen molar-refractivity contribution in [3.8, 4) is 0 Å². The zero-order valence-electron chi connectivity index (χ0n) is 12.6. The number of nitrogens with zero attached hydrogens (tertiary/aromatic N) is 2. The van der Waals surface area contributed by atoms with Crippen LogP contribution in [0.1, 0.15) is 24.1 Å². The number of thiophene rings is 1. The number of nitrogens with one attached hydrogen (secondary N) is 1. The fourth-order valence-corrected chi connectivity index (χ4v) is 3.29. The summed E-state index contributed by atoms with van der Waals surface area (Å²) in [7, 11) is 3.95. The Labute approximate surface area is 125 Å². The highest BCUT2D eigenvalue weighted by molar-refractivity contribution is 7.10. The molecule has 1 aliphatic rings. The van der Waals surface area contributed by atoms with Gasteiger partial charge in [0.15, 0.2) is 5.96 Å². The first-order chi connectivity index (χ1) is 9.70. The van der Waals surface area contributed by atoms with Crippen molar-refractivity contribution in [2.75, 3.05) is 40.4 Å². The van der Waals surface area contributed by atoms with Gasteiger partial charge in [0.05, 0.1) is 6.61 Å². The van der Waals surface area contributed by atoms with Gasteiger partial charge in [-0.1, -0.05) is 13.0 Å². The van der Waals surface area contributed by atoms with Gasteiger partial charge in [-0.15, -0.1) is 11.3 Å². The lowest BCUT2D eigenvalue weighted by atomic mass is 10.1. The molecule has 2 rings (SSSR count). The quantitative estimate of drug-likeness (QED) is 0.669. The summed E-state index contributed by atoms with van der Waals surface area (Å²) in [5.74, 6) is 2.11. The van der Waals surface area contributed by atoms with Crippen molar-refractivity contribution in [1.29, 1.82) is 0 Å². The van der Waals surface area contributed by atoms with Crippen molar-refractivity contribution in [3.05, 3.63) is 22.4 Å². The van der Waals surface area contributed by atoms with Crippen molar-refractivity contribution in [2.45, 2.75) is 19.3 Å². The summed E-state index contributed by atoms with van der Waals surface area (Å²) in [6, 6.07) is 4.30. The molecule has 1 aromatic heterocycles. The summed E-state index contributed by atoms with van der Waals surface area (Å²) in [6.07, 6.45) is 1.16. The summed E-state index contributed by atoms with van der Waals surface area (Å²) >= 11 is 1.81. The molecule has 2 unspecified atom stereocenters. The summed E-state index contributed by atoms with van der Waals surface area (Å²) < 4.78 is 5.43. The number of hydrogen-bond acceptors (Lipinski definition) is 3. The van der Waals surface area contributed by atoms with Crippen LogP contribution in [0.25, 0.3) is 0 Å². The molecule has 0 amide bonds. The van der Waals surface area contributed by atoms with Crippen molar-refractivity contribution < 1.29 is 4.74 Å². The van der Waals surface area contributed by atoms with E-state index in [0.717, 1.165) is 38.7 Å². The average molecular weight is 295 g/mol. The van der Waals surface area contributed by atoms with Crippen molar-refractivity contribution in [3.63, 3.8) is 0 Å². The smallest absolute Gasteiger partial charge is 0.193 e. The van der Waals surface area contributed by atoms with Crippen LogP contribution in [-0.4, -0.2) is 51.3 Å². The van der Waals surface area contributed by atoms with E-state index in [2.05, 4.69) is 46.7 Å². The zero-order valence-corrected chi connectivity index (χ0v) is 13.4. The molecule has 0 radical (unpaired) electrons. The number of rotatable bonds is 5. The van der Waals surface area contributed by atoms with Gasteiger partial charge in [0.2, 0.25) is 0 Å². The number of aliphatic imine (C=N–C) groups is 1. The topological polar surface area (TPSA) is 36.9 Å². The predicted octanol–water partition coefficient (Wildman–Crippen LogP) is 2.40. The molecule has 0 aromatic carbocycles. The lowest BCUT2D eigenvalue weighted by Gasteiger charge is -2.25. The Bertz CT molecular complexity index is 413. The van der Waals surface area contributed by atoms with Crippen molar-refractivity contribution >= 4 is 17.3 Å². The Hall–Kier alpha value is -1.07. The number of guanidine groups is 1. The maximum absolute atomic E-state index is 5.43. The molecule has 112 valence electrons. The van der Waals surface area contributed by atoms with Gasteiger partial charge in [-0.25, -0.2) is 0 Å². The fourth-order valence-electron chi connectivity index (χ4n) is 2.50. The van der Waals surface area contributed by atoms with E-state index < -0.39 is 0 Å². The molecule has 0 aliphatic carbocycles. The van der Waals surface area contributed by atoms with Crippen LogP contribution in [0.4, 0.5) is 0 Å². The van der Waals surface area contributed by atoms with Gasteiger partial charge in [0.25, 0.3) is 0 Å². The Kier molecular flexibility index (Phi) is 5.86. The number of ether oxygens (including phenoxy) is 1. The van der Waals surface area contributed by atoms with E-state index in [1.807, 2.05) is 18.4 Å². The summed E-state index contributed by atoms with van der Waals surface area (Å²) in [4.78, 5) is 8.00. The lowest BCUT2D eigenvalue weighted by Crippen LogP contribution is -2.42. The molecular weight excluding hydrogens is 270 g/mol. The van der Waals surface area contributed by atoms with Crippen LogP contribution in [0.3, 0.4) is 0 Å². The molecule has 20 heavy (non-hydrogen) atoms. The highest BCUT2D eigenvalue weighted by Gasteiger charge is 2.19. The van der Waals surface area contributed by atoms with E-state index in [-0.39, 0.29) is 0 Å². The molecule has 1 aliphatic heterocycles. The Morgan fingerprint density at radius 2 is 2.50 bits per heavy atom. The van der Waals surface area contributed by atoms with Crippen LogP contribution in [0, 0.1) is 5.92 Å². The molecule has 2 heterocycles. The maximum Gasteiger partial charge on any atom is 0.193 e. The Morgan fingerprint density at radius 1 is 1.65 bits per heavy atom. The first-order valence-electron chi connectivity index (χ1n) is 7.23. The van der Waals surface area contributed by atoms with E-state index in [9.17, 15) is 0 Å². The Balaban J connectivity index is 1.79. The molecule has 1 aromatic rings. The highest BCUT2D eigenvalue weighted by Crippen LogP contribution is 2.19. The maximum atomic E-state index is 5.43. The minimum atomic E-state index is 0.509. The SMILES string of the molecule is CN=C(NCC(C)c1cccs1)N(C)CC1CCOC1. The third-order valence-corrected chi connectivity index (χ3v) is 4.83. The van der Waals surface area contributed by atoms with E-state index in [1.165, 1.54) is 4.88 Å². The molecule has 2 atom stereocenters. The molecular formula is C15H25N3OS. The molecule has 1 N–H and O–H groups in total. The van der Waals surface area contributed by atoms with E-state index in [0.29, 0.717) is 11.8 Å². The summed E-state index contributed by atoms with van der Waals surface area (Å²) in [5.41, 5.74) is 0. The molecule has 0 bridgehead atoms. The van der Waals surface area contributed by atoms with Gasteiger partial charge >= 0.3 is 0 Å². The average Bonchev–Trinajstić information content (AvgIpc) is 3.12. The van der Waals surface area contributed by atoms with Gasteiger partial charge in [-0.05, 0) is 17.9 Å². The van der Waals surface area contributed by atoms with Crippen LogP contribution < -0.4 is 5.32 Å². The van der Waals surface area contributed by atoms with Crippen LogP contribution in [0.15, 0.2) is 22.5 Å². The van der Waals surface area contributed by atoms with Crippen LogP contribution in [0.5, 0.6) is 0 Å². The molecule has 5 heteroatoms. The van der Waals surface area contributed by atoms with E-state index >= 15 is 0 Å². The lowest BCUT2D eigenvalue weighted by molar-refractivity contribution is 0.181. The molecule has 1 saturated heterocycles. The zero-order chi connectivity index (χ0) is 14.4. The molecule has 0 saturated carbocycles. The summed E-state index contributed by atoms with van der Waals surface area (Å²) in [5, 5.41) is 5.60. The van der Waals surface area contributed by atoms with Gasteiger partial charge < -0.3 is 15.0 Å². The Morgan fingerprint density at radius 3 is 3.10 bits per heavy atom. The molecule has 1 fully saturated rings. The van der Waals surface area contributed by atoms with Crippen molar-refractivity contribution in [1.82, 2.24) is 10.2 Å². The second kappa shape index (κ2) is 7.64. The standard InChI is InChI=1S/C15H25N3OS/c1-12(14-5-4-8-20-14)9-17-15(16-2)18(3)10-13-6-7-19-11-13/h4-5,8,12-13H,6-7,9-11H2,1-3H3,(H,16,17). The van der Waals surface area contributed by atoms with Crippen LogP contribution >= 0.6 is 11.3 Å². The van der Waals surface area contributed by atoms with E-state index in [1.54, 1.807) is 0 Å². The monoisotopic (exact) mass is 295 g/mol. The van der Waals surface area contributed by atoms with Gasteiger partial charge in [-0.3, -0.25) is 4.99 Å². The normalized spacial score (nSPS) is 20.9. The third-order valence-electron chi connectivity index (χ3n) is 3.72. The van der Waals surface area contributed by atoms with Gasteiger partial charge in [-0.2, -0.15) is 0 Å². The van der Waals surface area contributed by atoms with Crippen LogP contribution in [-0.2, 0) is 4.74 Å². The molecule has 4 nitrogen and oxygen atoms in total. The minimum absolute atomic E-state index is 0.509. The first-order valence-corrected chi connectivity index (χ1v) is 8.11. The molecule has 0 spiro atoms. The highest BCUT2D eigenvalue weighted by atomic mass is 32.1. The first kappa shape index (κ1) is 15.3. The number of hydrogen-bond donors (Lipinski definition) is 1. The second-order valence-corrected chi connectivity index (χ2v) is 6.43. The third kappa shape index (κ3) is 4.21.